The third-order valence-electron chi connectivity index (χ3n) is 2.79. The Bertz CT molecular complexity index is 560. The van der Waals surface area contributed by atoms with Gasteiger partial charge in [-0.3, -0.25) is 4.98 Å². The zero-order valence-corrected chi connectivity index (χ0v) is 12.2. The highest BCUT2D eigenvalue weighted by Crippen LogP contribution is 2.16. The molecule has 106 valence electrons. The van der Waals surface area contributed by atoms with Crippen LogP contribution in [0.15, 0.2) is 11.7 Å². The number of hydrogen-bond donors (Lipinski definition) is 1. The van der Waals surface area contributed by atoms with Gasteiger partial charge >= 0.3 is 0 Å². The number of morpholine rings is 1. The summed E-state index contributed by atoms with van der Waals surface area (Å²) in [6.07, 6.45) is 1.81. The summed E-state index contributed by atoms with van der Waals surface area (Å²) in [4.78, 5) is 19.8. The number of nitrogens with zero attached hydrogens (tertiary/aromatic N) is 5. The van der Waals surface area contributed by atoms with Crippen molar-refractivity contribution in [3.8, 4) is 0 Å². The fraction of sp³-hybridized carbons (Fsp3) is 0.455. The van der Waals surface area contributed by atoms with E-state index in [0.29, 0.717) is 31.7 Å². The highest BCUT2D eigenvalue weighted by atomic mass is 35.5. The van der Waals surface area contributed by atoms with E-state index in [9.17, 15) is 0 Å². The van der Waals surface area contributed by atoms with Gasteiger partial charge in [0.05, 0.1) is 25.3 Å². The Labute approximate surface area is 125 Å². The quantitative estimate of drug-likeness (QED) is 0.915. The van der Waals surface area contributed by atoms with E-state index in [1.807, 2.05) is 11.1 Å². The number of ether oxygens (including phenoxy) is 1. The predicted octanol–water partition coefficient (Wildman–Crippen LogP) is 1.43. The van der Waals surface area contributed by atoms with E-state index < -0.39 is 0 Å². The van der Waals surface area contributed by atoms with E-state index in [1.54, 1.807) is 16.8 Å². The van der Waals surface area contributed by atoms with E-state index in [-0.39, 0.29) is 5.28 Å². The topological polar surface area (TPSA) is 76.1 Å². The van der Waals surface area contributed by atoms with Crippen LogP contribution < -0.4 is 10.2 Å². The van der Waals surface area contributed by atoms with Crippen LogP contribution in [0, 0.1) is 0 Å². The smallest absolute Gasteiger partial charge is 0.231 e. The summed E-state index contributed by atoms with van der Waals surface area (Å²) in [5.41, 5.74) is 1.79. The fourth-order valence-electron chi connectivity index (χ4n) is 1.82. The molecule has 0 radical (unpaired) electrons. The second kappa shape index (κ2) is 6.29. The summed E-state index contributed by atoms with van der Waals surface area (Å²) in [7, 11) is 0. The molecule has 2 aromatic rings. The third-order valence-corrected chi connectivity index (χ3v) is 3.74. The van der Waals surface area contributed by atoms with Gasteiger partial charge in [0.25, 0.3) is 0 Å². The minimum atomic E-state index is 0.188. The summed E-state index contributed by atoms with van der Waals surface area (Å²) >= 11 is 7.53. The molecule has 0 saturated carbocycles. The number of halogens is 1. The molecule has 9 heteroatoms. The number of anilines is 2. The minimum absolute atomic E-state index is 0.188. The Morgan fingerprint density at radius 3 is 2.90 bits per heavy atom. The highest BCUT2D eigenvalue weighted by Gasteiger charge is 2.16. The van der Waals surface area contributed by atoms with Crippen molar-refractivity contribution >= 4 is 34.8 Å². The van der Waals surface area contributed by atoms with Crippen molar-refractivity contribution in [1.29, 1.82) is 0 Å². The highest BCUT2D eigenvalue weighted by molar-refractivity contribution is 7.09. The van der Waals surface area contributed by atoms with Crippen molar-refractivity contribution in [2.45, 2.75) is 6.54 Å². The molecule has 0 aromatic carbocycles. The van der Waals surface area contributed by atoms with Gasteiger partial charge in [0.2, 0.25) is 17.2 Å². The van der Waals surface area contributed by atoms with Crippen molar-refractivity contribution in [1.82, 2.24) is 19.9 Å². The summed E-state index contributed by atoms with van der Waals surface area (Å²) in [6, 6.07) is 0. The number of thiazole rings is 1. The van der Waals surface area contributed by atoms with Gasteiger partial charge in [-0.1, -0.05) is 0 Å². The molecule has 0 atom stereocenters. The SMILES string of the molecule is Clc1nc(NCc2cncs2)nc(N2CCOCC2)n1. The van der Waals surface area contributed by atoms with Crippen molar-refractivity contribution in [2.75, 3.05) is 36.5 Å². The lowest BCUT2D eigenvalue weighted by atomic mass is 10.4. The van der Waals surface area contributed by atoms with Gasteiger partial charge in [-0.25, -0.2) is 0 Å². The molecule has 1 fully saturated rings. The molecule has 0 amide bonds. The van der Waals surface area contributed by atoms with Crippen LogP contribution in [-0.4, -0.2) is 46.2 Å². The van der Waals surface area contributed by atoms with Crippen LogP contribution in [0.2, 0.25) is 5.28 Å². The largest absolute Gasteiger partial charge is 0.378 e. The van der Waals surface area contributed by atoms with Crippen LogP contribution in [0.3, 0.4) is 0 Å². The monoisotopic (exact) mass is 312 g/mol. The maximum atomic E-state index is 5.96. The molecule has 0 bridgehead atoms. The van der Waals surface area contributed by atoms with E-state index in [2.05, 4.69) is 25.3 Å². The number of nitrogens with one attached hydrogen (secondary N) is 1. The van der Waals surface area contributed by atoms with E-state index in [1.165, 1.54) is 0 Å². The lowest BCUT2D eigenvalue weighted by molar-refractivity contribution is 0.122. The molecule has 3 rings (SSSR count). The fourth-order valence-corrected chi connectivity index (χ4v) is 2.51. The zero-order chi connectivity index (χ0) is 13.8. The summed E-state index contributed by atoms with van der Waals surface area (Å²) in [5, 5.41) is 3.32. The van der Waals surface area contributed by atoms with Crippen LogP contribution in [0.1, 0.15) is 4.88 Å². The van der Waals surface area contributed by atoms with Crippen LogP contribution in [0.5, 0.6) is 0 Å². The molecule has 2 aromatic heterocycles. The molecule has 3 heterocycles. The number of rotatable bonds is 4. The molecule has 0 unspecified atom stereocenters. The van der Waals surface area contributed by atoms with Crippen LogP contribution in [-0.2, 0) is 11.3 Å². The Hall–Kier alpha value is -1.51. The second-order valence-corrected chi connectivity index (χ2v) is 5.46. The van der Waals surface area contributed by atoms with Gasteiger partial charge in [-0.15, -0.1) is 11.3 Å². The second-order valence-electron chi connectivity index (χ2n) is 4.15. The molecular formula is C11H13ClN6OS. The molecule has 1 N–H and O–H groups in total. The average Bonchev–Trinajstić information content (AvgIpc) is 2.99. The zero-order valence-electron chi connectivity index (χ0n) is 10.6. The van der Waals surface area contributed by atoms with Gasteiger partial charge in [0.1, 0.15) is 0 Å². The lowest BCUT2D eigenvalue weighted by Crippen LogP contribution is -2.37. The summed E-state index contributed by atoms with van der Waals surface area (Å²) in [6.45, 7) is 3.48. The van der Waals surface area contributed by atoms with Gasteiger partial charge in [0, 0.05) is 24.2 Å². The summed E-state index contributed by atoms with van der Waals surface area (Å²) < 4.78 is 5.31. The Morgan fingerprint density at radius 2 is 2.15 bits per heavy atom. The first-order chi connectivity index (χ1) is 9.81. The Balaban J connectivity index is 1.72. The van der Waals surface area contributed by atoms with Crippen molar-refractivity contribution in [3.63, 3.8) is 0 Å². The van der Waals surface area contributed by atoms with E-state index in [4.69, 9.17) is 16.3 Å². The van der Waals surface area contributed by atoms with Crippen LogP contribution in [0.4, 0.5) is 11.9 Å². The normalized spacial score (nSPS) is 15.3. The van der Waals surface area contributed by atoms with Crippen molar-refractivity contribution in [2.24, 2.45) is 0 Å². The van der Waals surface area contributed by atoms with Crippen LogP contribution >= 0.6 is 22.9 Å². The Kier molecular flexibility index (Phi) is 4.24. The predicted molar refractivity (Wildman–Crippen MR) is 77.3 cm³/mol. The molecule has 7 nitrogen and oxygen atoms in total. The van der Waals surface area contributed by atoms with Crippen molar-refractivity contribution < 1.29 is 4.74 Å². The minimum Gasteiger partial charge on any atom is -0.378 e. The Morgan fingerprint density at radius 1 is 1.30 bits per heavy atom. The number of aromatic nitrogens is 4. The van der Waals surface area contributed by atoms with Gasteiger partial charge in [-0.05, 0) is 11.6 Å². The molecule has 0 spiro atoms. The maximum absolute atomic E-state index is 5.96. The lowest BCUT2D eigenvalue weighted by Gasteiger charge is -2.26. The van der Waals surface area contributed by atoms with Crippen LogP contribution in [0.25, 0.3) is 0 Å². The summed E-state index contributed by atoms with van der Waals surface area (Å²) in [5.74, 6) is 1.06. The molecule has 20 heavy (non-hydrogen) atoms. The molecule has 1 aliphatic rings. The number of hydrogen-bond acceptors (Lipinski definition) is 8. The van der Waals surface area contributed by atoms with Gasteiger partial charge < -0.3 is 15.0 Å². The standard InChI is InChI=1S/C11H13ClN6OS/c12-9-15-10(14-6-8-5-13-7-20-8)17-11(16-9)18-1-3-19-4-2-18/h5,7H,1-4,6H2,(H,14,15,16,17). The molecule has 1 aliphatic heterocycles. The third kappa shape index (κ3) is 3.33. The van der Waals surface area contributed by atoms with E-state index in [0.717, 1.165) is 18.0 Å². The van der Waals surface area contributed by atoms with Gasteiger partial charge in [-0.2, -0.15) is 15.0 Å². The first-order valence-electron chi connectivity index (χ1n) is 6.17. The molecular weight excluding hydrogens is 300 g/mol. The average molecular weight is 313 g/mol. The molecule has 0 aliphatic carbocycles. The van der Waals surface area contributed by atoms with Crippen molar-refractivity contribution in [3.05, 3.63) is 21.9 Å². The first-order valence-corrected chi connectivity index (χ1v) is 7.42. The molecule has 1 saturated heterocycles. The maximum Gasteiger partial charge on any atom is 0.231 e. The first kappa shape index (κ1) is 13.5. The van der Waals surface area contributed by atoms with E-state index >= 15 is 0 Å². The van der Waals surface area contributed by atoms with Gasteiger partial charge in [0.15, 0.2) is 0 Å².